The monoisotopic (exact) mass is 273 g/mol. The molecular weight excluding hydrogens is 269 g/mol. The molecule has 4 nitrogen and oxygen atoms in total. The molecule has 1 aromatic carbocycles. The van der Waals surface area contributed by atoms with E-state index < -0.39 is 0 Å². The van der Waals surface area contributed by atoms with Crippen LogP contribution in [-0.4, -0.2) is 10.1 Å². The van der Waals surface area contributed by atoms with Gasteiger partial charge in [0.15, 0.2) is 0 Å². The molecule has 0 bridgehead atoms. The van der Waals surface area contributed by atoms with Gasteiger partial charge in [-0.15, -0.1) is 0 Å². The topological polar surface area (TPSA) is 64.9 Å². The highest BCUT2D eigenvalue weighted by Crippen LogP contribution is 2.29. The van der Waals surface area contributed by atoms with Crippen molar-refractivity contribution in [2.75, 3.05) is 5.73 Å². The van der Waals surface area contributed by atoms with Crippen molar-refractivity contribution < 1.29 is 4.52 Å². The van der Waals surface area contributed by atoms with Gasteiger partial charge in [-0.25, -0.2) is 0 Å². The predicted molar refractivity (Wildman–Crippen MR) is 56.9 cm³/mol. The summed E-state index contributed by atoms with van der Waals surface area (Å²) in [7, 11) is 0. The van der Waals surface area contributed by atoms with Crippen molar-refractivity contribution in [3.05, 3.63) is 27.7 Å². The zero-order valence-electron chi connectivity index (χ0n) is 6.87. The smallest absolute Gasteiger partial charge is 0.261 e. The van der Waals surface area contributed by atoms with E-state index in [0.29, 0.717) is 10.9 Å². The van der Waals surface area contributed by atoms with Crippen molar-refractivity contribution in [1.82, 2.24) is 10.1 Å². The number of anilines is 1. The third kappa shape index (κ3) is 1.73. The van der Waals surface area contributed by atoms with E-state index in [1.165, 1.54) is 0 Å². The Kier molecular flexibility index (Phi) is 2.43. The molecule has 6 heteroatoms. The van der Waals surface area contributed by atoms with Gasteiger partial charge in [-0.2, -0.15) is 4.98 Å². The molecule has 0 spiro atoms. The van der Waals surface area contributed by atoms with Gasteiger partial charge in [0.25, 0.3) is 11.8 Å². The minimum Gasteiger partial charge on any atom is -0.365 e. The first-order valence-corrected chi connectivity index (χ1v) is 4.88. The number of halogens is 2. The predicted octanol–water partition coefficient (Wildman–Crippen LogP) is 2.73. The lowest BCUT2D eigenvalue weighted by Gasteiger charge is -1.98. The van der Waals surface area contributed by atoms with Crippen LogP contribution >= 0.6 is 27.5 Å². The Bertz CT molecular complexity index is 471. The van der Waals surface area contributed by atoms with E-state index in [-0.39, 0.29) is 5.95 Å². The lowest BCUT2D eigenvalue weighted by Crippen LogP contribution is -1.86. The summed E-state index contributed by atoms with van der Waals surface area (Å²) in [6.45, 7) is 0. The van der Waals surface area contributed by atoms with Gasteiger partial charge in [-0.05, 0) is 39.3 Å². The van der Waals surface area contributed by atoms with Crippen LogP contribution in [0.15, 0.2) is 27.2 Å². The van der Waals surface area contributed by atoms with Gasteiger partial charge in [-0.3, -0.25) is 0 Å². The SMILES string of the molecule is Nc1noc(-c2ccc(Cl)cc2Br)n1. The minimum absolute atomic E-state index is 0.113. The van der Waals surface area contributed by atoms with Gasteiger partial charge >= 0.3 is 0 Å². The van der Waals surface area contributed by atoms with Gasteiger partial charge in [0.2, 0.25) is 0 Å². The molecule has 0 aliphatic carbocycles. The highest BCUT2D eigenvalue weighted by atomic mass is 79.9. The number of hydrogen-bond acceptors (Lipinski definition) is 4. The van der Waals surface area contributed by atoms with Gasteiger partial charge in [0.1, 0.15) is 0 Å². The first-order valence-electron chi connectivity index (χ1n) is 3.71. The fourth-order valence-electron chi connectivity index (χ4n) is 1.01. The summed E-state index contributed by atoms with van der Waals surface area (Å²) in [5.74, 6) is 0.480. The van der Waals surface area contributed by atoms with Crippen molar-refractivity contribution >= 4 is 33.5 Å². The van der Waals surface area contributed by atoms with E-state index in [4.69, 9.17) is 21.9 Å². The Morgan fingerprint density at radius 1 is 1.43 bits per heavy atom. The first kappa shape index (κ1) is 9.48. The molecule has 2 rings (SSSR count). The number of benzene rings is 1. The number of hydrogen-bond donors (Lipinski definition) is 1. The molecule has 1 heterocycles. The van der Waals surface area contributed by atoms with Crippen LogP contribution in [0.1, 0.15) is 0 Å². The maximum Gasteiger partial charge on any atom is 0.261 e. The van der Waals surface area contributed by atoms with Crippen LogP contribution in [0, 0.1) is 0 Å². The number of rotatable bonds is 1. The van der Waals surface area contributed by atoms with Gasteiger partial charge < -0.3 is 10.3 Å². The normalized spacial score (nSPS) is 10.4. The maximum atomic E-state index is 5.79. The summed E-state index contributed by atoms with van der Waals surface area (Å²) >= 11 is 9.13. The lowest BCUT2D eigenvalue weighted by atomic mass is 10.2. The Morgan fingerprint density at radius 3 is 2.79 bits per heavy atom. The van der Waals surface area contributed by atoms with Crippen LogP contribution in [0.25, 0.3) is 11.5 Å². The second-order valence-electron chi connectivity index (χ2n) is 2.58. The number of nitrogens with zero attached hydrogens (tertiary/aromatic N) is 2. The van der Waals surface area contributed by atoms with Gasteiger partial charge in [0, 0.05) is 9.50 Å². The molecule has 1 aromatic heterocycles. The standard InChI is InChI=1S/C8H5BrClN3O/c9-6-3-4(10)1-2-5(6)7-12-8(11)13-14-7/h1-3H,(H2,11,13). The van der Waals surface area contributed by atoms with Crippen molar-refractivity contribution in [1.29, 1.82) is 0 Å². The molecule has 2 aromatic rings. The molecule has 14 heavy (non-hydrogen) atoms. The molecule has 0 saturated carbocycles. The highest BCUT2D eigenvalue weighted by molar-refractivity contribution is 9.10. The van der Waals surface area contributed by atoms with Crippen molar-refractivity contribution in [2.45, 2.75) is 0 Å². The van der Waals surface area contributed by atoms with Crippen LogP contribution in [0.5, 0.6) is 0 Å². The highest BCUT2D eigenvalue weighted by Gasteiger charge is 2.10. The fraction of sp³-hybridized carbons (Fsp3) is 0. The lowest BCUT2D eigenvalue weighted by molar-refractivity contribution is 0.433. The van der Waals surface area contributed by atoms with Crippen LogP contribution < -0.4 is 5.73 Å². The summed E-state index contributed by atoms with van der Waals surface area (Å²) in [6, 6.07) is 5.26. The first-order chi connectivity index (χ1) is 6.66. The average molecular weight is 275 g/mol. The Balaban J connectivity index is 2.52. The Morgan fingerprint density at radius 2 is 2.21 bits per heavy atom. The van der Waals surface area contributed by atoms with Crippen LogP contribution in [0.3, 0.4) is 0 Å². The van der Waals surface area contributed by atoms with E-state index in [9.17, 15) is 0 Å². The molecule has 72 valence electrons. The van der Waals surface area contributed by atoms with E-state index in [0.717, 1.165) is 10.0 Å². The third-order valence-corrected chi connectivity index (χ3v) is 2.49. The van der Waals surface area contributed by atoms with Crippen LogP contribution in [-0.2, 0) is 0 Å². The summed E-state index contributed by atoms with van der Waals surface area (Å²) in [5, 5.41) is 4.13. The van der Waals surface area contributed by atoms with Crippen molar-refractivity contribution in [2.24, 2.45) is 0 Å². The molecule has 0 aliphatic rings. The number of aromatic nitrogens is 2. The Hall–Kier alpha value is -1.07. The number of nitrogen functional groups attached to an aromatic ring is 1. The van der Waals surface area contributed by atoms with E-state index in [1.807, 2.05) is 0 Å². The number of nitrogens with two attached hydrogens (primary N) is 1. The molecule has 0 unspecified atom stereocenters. The maximum absolute atomic E-state index is 5.79. The van der Waals surface area contributed by atoms with Crippen LogP contribution in [0.2, 0.25) is 5.02 Å². The second-order valence-corrected chi connectivity index (χ2v) is 3.87. The quantitative estimate of drug-likeness (QED) is 0.868. The zero-order valence-corrected chi connectivity index (χ0v) is 9.21. The molecule has 0 aliphatic heterocycles. The minimum atomic E-state index is 0.113. The fourth-order valence-corrected chi connectivity index (χ4v) is 1.86. The van der Waals surface area contributed by atoms with E-state index in [1.54, 1.807) is 18.2 Å². The van der Waals surface area contributed by atoms with Gasteiger partial charge in [0.05, 0.1) is 5.56 Å². The summed E-state index contributed by atoms with van der Waals surface area (Å²) in [6.07, 6.45) is 0. The molecule has 0 saturated heterocycles. The third-order valence-electron chi connectivity index (χ3n) is 1.60. The second kappa shape index (κ2) is 3.59. The molecule has 0 radical (unpaired) electrons. The molecular formula is C8H5BrClN3O. The molecule has 2 N–H and O–H groups in total. The molecule has 0 fully saturated rings. The molecule has 0 amide bonds. The van der Waals surface area contributed by atoms with Crippen molar-refractivity contribution in [3.8, 4) is 11.5 Å². The Labute approximate surface area is 93.2 Å². The summed E-state index contributed by atoms with van der Waals surface area (Å²) in [4.78, 5) is 3.90. The van der Waals surface area contributed by atoms with E-state index >= 15 is 0 Å². The van der Waals surface area contributed by atoms with Gasteiger partial charge in [-0.1, -0.05) is 11.6 Å². The zero-order chi connectivity index (χ0) is 10.1. The summed E-state index contributed by atoms with van der Waals surface area (Å²) in [5.41, 5.74) is 6.10. The van der Waals surface area contributed by atoms with E-state index in [2.05, 4.69) is 26.1 Å². The van der Waals surface area contributed by atoms with Crippen LogP contribution in [0.4, 0.5) is 5.95 Å². The summed E-state index contributed by atoms with van der Waals surface area (Å²) < 4.78 is 5.70. The average Bonchev–Trinajstić information content (AvgIpc) is 2.51. The van der Waals surface area contributed by atoms with Crippen molar-refractivity contribution in [3.63, 3.8) is 0 Å². The largest absolute Gasteiger partial charge is 0.365 e. The molecule has 0 atom stereocenters.